The maximum atomic E-state index is 13.1. The van der Waals surface area contributed by atoms with Gasteiger partial charge < -0.3 is 4.90 Å². The van der Waals surface area contributed by atoms with E-state index in [-0.39, 0.29) is 18.9 Å². The summed E-state index contributed by atoms with van der Waals surface area (Å²) in [6.45, 7) is 3.78. The Balaban J connectivity index is 1.89. The van der Waals surface area contributed by atoms with E-state index in [2.05, 4.69) is 6.58 Å². The van der Waals surface area contributed by atoms with E-state index in [1.165, 1.54) is 46.6 Å². The van der Waals surface area contributed by atoms with E-state index in [9.17, 15) is 18.8 Å². The van der Waals surface area contributed by atoms with Gasteiger partial charge in [0.25, 0.3) is 11.8 Å². The number of hydrogen-bond donors (Lipinski definition) is 0. The van der Waals surface area contributed by atoms with Crippen LogP contribution in [0.2, 0.25) is 0 Å². The fourth-order valence-corrected chi connectivity index (χ4v) is 3.43. The van der Waals surface area contributed by atoms with E-state index in [0.717, 1.165) is 4.90 Å². The minimum Gasteiger partial charge on any atom is -0.322 e. The van der Waals surface area contributed by atoms with Gasteiger partial charge >= 0.3 is 0 Å². The number of rotatable bonds is 5. The molecule has 3 amide bonds. The maximum Gasteiger partial charge on any atom is 0.264 e. The predicted octanol–water partition coefficient (Wildman–Crippen LogP) is 2.85. The van der Waals surface area contributed by atoms with Crippen LogP contribution in [-0.4, -0.2) is 35.2 Å². The first-order valence-corrected chi connectivity index (χ1v) is 8.48. The fraction of sp³-hybridized carbons (Fsp3) is 0.167. The Morgan fingerprint density at radius 3 is 2.64 bits per heavy atom. The number of benzene rings is 1. The lowest BCUT2D eigenvalue weighted by molar-refractivity contribution is -0.122. The molecule has 25 heavy (non-hydrogen) atoms. The Bertz CT molecular complexity index is 817. The molecule has 2 heterocycles. The molecule has 1 aromatic heterocycles. The molecule has 7 heteroatoms. The summed E-state index contributed by atoms with van der Waals surface area (Å²) in [6.07, 6.45) is 1.41. The molecular formula is C18H15FN2O3S. The largest absolute Gasteiger partial charge is 0.322 e. The normalized spacial score (nSPS) is 17.0. The van der Waals surface area contributed by atoms with Crippen molar-refractivity contribution in [3.05, 3.63) is 65.1 Å². The lowest BCUT2D eigenvalue weighted by Gasteiger charge is -2.26. The summed E-state index contributed by atoms with van der Waals surface area (Å²) >= 11 is 1.27. The molecule has 0 saturated carbocycles. The van der Waals surface area contributed by atoms with Crippen LogP contribution >= 0.6 is 11.3 Å². The first kappa shape index (κ1) is 17.0. The molecule has 1 unspecified atom stereocenters. The van der Waals surface area contributed by atoms with Crippen molar-refractivity contribution in [2.75, 3.05) is 11.4 Å². The molecule has 0 radical (unpaired) electrons. The molecule has 1 atom stereocenters. The lowest BCUT2D eigenvalue weighted by atomic mass is 10.2. The first-order chi connectivity index (χ1) is 12.0. The van der Waals surface area contributed by atoms with Gasteiger partial charge in [-0.15, -0.1) is 17.9 Å². The van der Waals surface area contributed by atoms with Gasteiger partial charge in [-0.3, -0.25) is 14.4 Å². The van der Waals surface area contributed by atoms with E-state index >= 15 is 0 Å². The molecule has 1 saturated heterocycles. The number of nitrogens with zero attached hydrogens (tertiary/aromatic N) is 2. The number of amides is 3. The minimum atomic E-state index is -0.898. The van der Waals surface area contributed by atoms with Crippen LogP contribution < -0.4 is 4.90 Å². The average molecular weight is 358 g/mol. The molecule has 1 aliphatic rings. The van der Waals surface area contributed by atoms with Crippen LogP contribution in [0.5, 0.6) is 0 Å². The summed E-state index contributed by atoms with van der Waals surface area (Å²) in [5, 5.41) is 1.77. The van der Waals surface area contributed by atoms with Crippen LogP contribution in [0.4, 0.5) is 10.1 Å². The number of halogens is 1. The van der Waals surface area contributed by atoms with Gasteiger partial charge in [0.1, 0.15) is 11.9 Å². The van der Waals surface area contributed by atoms with Crippen molar-refractivity contribution in [3.63, 3.8) is 0 Å². The zero-order chi connectivity index (χ0) is 18.0. The van der Waals surface area contributed by atoms with E-state index in [4.69, 9.17) is 0 Å². The quantitative estimate of drug-likeness (QED) is 0.610. The van der Waals surface area contributed by atoms with Gasteiger partial charge in [0.15, 0.2) is 0 Å². The number of imide groups is 1. The third-order valence-corrected chi connectivity index (χ3v) is 4.76. The summed E-state index contributed by atoms with van der Waals surface area (Å²) in [4.78, 5) is 40.6. The topological polar surface area (TPSA) is 57.7 Å². The summed E-state index contributed by atoms with van der Waals surface area (Å²) in [5.74, 6) is -1.69. The van der Waals surface area contributed by atoms with Crippen LogP contribution in [0.1, 0.15) is 16.1 Å². The third-order valence-electron chi connectivity index (χ3n) is 3.90. The molecule has 1 aromatic carbocycles. The van der Waals surface area contributed by atoms with Crippen molar-refractivity contribution in [3.8, 4) is 0 Å². The second kappa shape index (κ2) is 6.98. The van der Waals surface area contributed by atoms with Gasteiger partial charge in [0, 0.05) is 6.54 Å². The Morgan fingerprint density at radius 1 is 1.32 bits per heavy atom. The van der Waals surface area contributed by atoms with Crippen molar-refractivity contribution >= 4 is 34.7 Å². The Hall–Kier alpha value is -2.80. The van der Waals surface area contributed by atoms with Gasteiger partial charge in [-0.25, -0.2) is 9.29 Å². The maximum absolute atomic E-state index is 13.1. The zero-order valence-corrected chi connectivity index (χ0v) is 14.0. The highest BCUT2D eigenvalue weighted by atomic mass is 32.1. The second-order valence-corrected chi connectivity index (χ2v) is 6.43. The third kappa shape index (κ3) is 3.23. The van der Waals surface area contributed by atoms with Gasteiger partial charge in [0.2, 0.25) is 5.91 Å². The van der Waals surface area contributed by atoms with Crippen LogP contribution in [-0.2, 0) is 9.59 Å². The monoisotopic (exact) mass is 358 g/mol. The van der Waals surface area contributed by atoms with Crippen molar-refractivity contribution in [1.29, 1.82) is 0 Å². The average Bonchev–Trinajstić information content (AvgIpc) is 3.22. The molecule has 128 valence electrons. The fourth-order valence-electron chi connectivity index (χ4n) is 2.75. The van der Waals surface area contributed by atoms with E-state index in [1.54, 1.807) is 17.5 Å². The number of thiophene rings is 1. The predicted molar refractivity (Wildman–Crippen MR) is 92.9 cm³/mol. The second-order valence-electron chi connectivity index (χ2n) is 5.49. The summed E-state index contributed by atoms with van der Waals surface area (Å²) in [6, 6.07) is 7.62. The smallest absolute Gasteiger partial charge is 0.264 e. The highest BCUT2D eigenvalue weighted by molar-refractivity contribution is 7.12. The van der Waals surface area contributed by atoms with Crippen molar-refractivity contribution in [2.24, 2.45) is 0 Å². The standard InChI is InChI=1S/C18H15FN2O3S/c1-2-9-20(18(24)15-4-3-10-25-15)14-11-16(22)21(17(14)23)13-7-5-12(19)6-8-13/h2-8,10,14H,1,9,11H2. The van der Waals surface area contributed by atoms with Crippen molar-refractivity contribution in [2.45, 2.75) is 12.5 Å². The molecule has 0 bridgehead atoms. The number of carbonyl (C=O) groups is 3. The molecule has 0 spiro atoms. The van der Waals surface area contributed by atoms with Crippen LogP contribution in [0.25, 0.3) is 0 Å². The molecule has 1 aliphatic heterocycles. The first-order valence-electron chi connectivity index (χ1n) is 7.60. The lowest BCUT2D eigenvalue weighted by Crippen LogP contribution is -2.45. The highest BCUT2D eigenvalue weighted by Gasteiger charge is 2.44. The summed E-state index contributed by atoms with van der Waals surface area (Å²) in [5.41, 5.74) is 0.293. The molecule has 0 aliphatic carbocycles. The Labute approximate surface area is 148 Å². The number of anilines is 1. The van der Waals surface area contributed by atoms with Crippen molar-refractivity contribution in [1.82, 2.24) is 4.90 Å². The van der Waals surface area contributed by atoms with Gasteiger partial charge in [-0.05, 0) is 35.7 Å². The molecule has 3 rings (SSSR count). The van der Waals surface area contributed by atoms with Gasteiger partial charge in [-0.2, -0.15) is 0 Å². The van der Waals surface area contributed by atoms with Crippen LogP contribution in [0.15, 0.2) is 54.4 Å². The van der Waals surface area contributed by atoms with E-state index in [1.807, 2.05) is 0 Å². The molecule has 1 fully saturated rings. The summed E-state index contributed by atoms with van der Waals surface area (Å²) in [7, 11) is 0. The van der Waals surface area contributed by atoms with Gasteiger partial charge in [0.05, 0.1) is 17.0 Å². The van der Waals surface area contributed by atoms with Crippen LogP contribution in [0, 0.1) is 5.82 Å². The molecular weight excluding hydrogens is 343 g/mol. The SMILES string of the molecule is C=CCN(C(=O)c1cccs1)C1CC(=O)N(c2ccc(F)cc2)C1=O. The Morgan fingerprint density at radius 2 is 2.04 bits per heavy atom. The highest BCUT2D eigenvalue weighted by Crippen LogP contribution is 2.27. The van der Waals surface area contributed by atoms with E-state index in [0.29, 0.717) is 10.6 Å². The van der Waals surface area contributed by atoms with Crippen LogP contribution in [0.3, 0.4) is 0 Å². The number of carbonyl (C=O) groups excluding carboxylic acids is 3. The van der Waals surface area contributed by atoms with Gasteiger partial charge in [-0.1, -0.05) is 12.1 Å². The number of hydrogen-bond acceptors (Lipinski definition) is 4. The van der Waals surface area contributed by atoms with Crippen molar-refractivity contribution < 1.29 is 18.8 Å². The Kier molecular flexibility index (Phi) is 4.76. The minimum absolute atomic E-state index is 0.110. The molecule has 0 N–H and O–H groups in total. The molecule has 2 aromatic rings. The molecule has 5 nitrogen and oxygen atoms in total. The van der Waals surface area contributed by atoms with E-state index < -0.39 is 23.7 Å². The summed E-state index contributed by atoms with van der Waals surface area (Å²) < 4.78 is 13.1. The zero-order valence-electron chi connectivity index (χ0n) is 13.2.